The van der Waals surface area contributed by atoms with E-state index >= 15 is 0 Å². The molecule has 2 nitrogen and oxygen atoms in total. The number of rotatable bonds is 0. The van der Waals surface area contributed by atoms with Gasteiger partial charge in [-0.2, -0.15) is 0 Å². The summed E-state index contributed by atoms with van der Waals surface area (Å²) in [7, 11) is 0. The fourth-order valence-electron chi connectivity index (χ4n) is 9.70. The van der Waals surface area contributed by atoms with Crippen LogP contribution in [0.3, 0.4) is 0 Å². The SMILES string of the molecule is CC(C)(C)c1ccc2c(c1)B1c3ccc4c(oc5ccccc54)c3-c3cc(C(C)(C)C)cc4c3N1c1c-2ccc2c1B4c1sc3ccccc3c1S2. The van der Waals surface area contributed by atoms with Crippen molar-refractivity contribution in [3.8, 4) is 22.3 Å². The molecule has 12 rings (SSSR count). The van der Waals surface area contributed by atoms with Crippen LogP contribution < -0.4 is 31.4 Å². The van der Waals surface area contributed by atoms with Crippen LogP contribution in [-0.2, 0) is 10.8 Å². The zero-order chi connectivity index (χ0) is 35.0. The van der Waals surface area contributed by atoms with Crippen molar-refractivity contribution in [2.75, 3.05) is 4.81 Å². The van der Waals surface area contributed by atoms with Crippen LogP contribution in [0.5, 0.6) is 0 Å². The standard InChI is InChI=1S/C46H35B2NOS2/c1-45(2,3)24-15-16-26-28-18-20-37-39-41(28)49-40-31(38-32(48(49)33(26)22-24)19-17-29-27-11-7-9-13-35(27)50-42(29)38)21-25(46(4,5)6)23-34(40)47(39)44-43(51-37)30-12-8-10-14-36(30)52-44/h7-23H,1-6H3. The highest BCUT2D eigenvalue weighted by Gasteiger charge is 2.52. The molecule has 0 aliphatic carbocycles. The minimum absolute atomic E-state index is 0.0189. The van der Waals surface area contributed by atoms with Gasteiger partial charge in [-0.3, -0.25) is 0 Å². The van der Waals surface area contributed by atoms with Crippen molar-refractivity contribution in [1.29, 1.82) is 0 Å². The second-order valence-electron chi connectivity index (χ2n) is 17.2. The Labute approximate surface area is 313 Å². The Morgan fingerprint density at radius 1 is 0.615 bits per heavy atom. The third kappa shape index (κ3) is 3.65. The molecule has 6 aromatic carbocycles. The molecule has 6 heteroatoms. The quantitative estimate of drug-likeness (QED) is 0.147. The van der Waals surface area contributed by atoms with Crippen LogP contribution in [-0.4, -0.2) is 13.6 Å². The van der Waals surface area contributed by atoms with E-state index in [9.17, 15) is 0 Å². The fourth-order valence-corrected chi connectivity index (χ4v) is 12.4. The average Bonchev–Trinajstić information content (AvgIpc) is 3.70. The lowest BCUT2D eigenvalue weighted by Gasteiger charge is -2.50. The van der Waals surface area contributed by atoms with Gasteiger partial charge in [0.15, 0.2) is 0 Å². The van der Waals surface area contributed by atoms with Crippen LogP contribution >= 0.6 is 23.1 Å². The number of para-hydroxylation sites is 1. The summed E-state index contributed by atoms with van der Waals surface area (Å²) < 4.78 is 9.82. The van der Waals surface area contributed by atoms with Crippen molar-refractivity contribution in [3.05, 3.63) is 114 Å². The smallest absolute Gasteiger partial charge is 0.329 e. The minimum atomic E-state index is -0.0439. The maximum absolute atomic E-state index is 6.96. The molecule has 0 spiro atoms. The number of hydrogen-bond acceptors (Lipinski definition) is 4. The molecular formula is C46H35B2NOS2. The number of furan rings is 1. The number of hydrogen-bond donors (Lipinski definition) is 0. The van der Waals surface area contributed by atoms with Gasteiger partial charge in [-0.05, 0) is 78.4 Å². The molecule has 0 radical (unpaired) electrons. The van der Waals surface area contributed by atoms with E-state index in [4.69, 9.17) is 4.42 Å². The van der Waals surface area contributed by atoms with Crippen LogP contribution in [0, 0.1) is 0 Å². The molecule has 0 saturated carbocycles. The lowest BCUT2D eigenvalue weighted by atomic mass is 9.33. The van der Waals surface area contributed by atoms with Gasteiger partial charge in [-0.15, -0.1) is 11.3 Å². The summed E-state index contributed by atoms with van der Waals surface area (Å²) in [5.74, 6) is 0. The molecule has 4 aliphatic heterocycles. The molecule has 0 fully saturated rings. The first kappa shape index (κ1) is 29.9. The monoisotopic (exact) mass is 703 g/mol. The fraction of sp³-hybridized carbons (Fsp3) is 0.174. The molecule has 2 aromatic heterocycles. The Hall–Kier alpha value is -4.64. The maximum Gasteiger partial charge on any atom is 0.329 e. The van der Waals surface area contributed by atoms with E-state index in [1.54, 1.807) is 0 Å². The maximum atomic E-state index is 6.96. The Balaban J connectivity index is 1.29. The number of anilines is 2. The highest BCUT2D eigenvalue weighted by molar-refractivity contribution is 8.00. The zero-order valence-electron chi connectivity index (χ0n) is 30.1. The molecule has 0 unspecified atom stereocenters. The molecule has 248 valence electrons. The van der Waals surface area contributed by atoms with E-state index in [0.29, 0.717) is 0 Å². The van der Waals surface area contributed by atoms with Crippen molar-refractivity contribution >= 4 is 107 Å². The highest BCUT2D eigenvalue weighted by atomic mass is 32.2. The average molecular weight is 704 g/mol. The van der Waals surface area contributed by atoms with E-state index in [-0.39, 0.29) is 24.4 Å². The molecule has 8 aromatic rings. The second-order valence-corrected chi connectivity index (χ2v) is 19.4. The molecule has 0 N–H and O–H groups in total. The van der Waals surface area contributed by atoms with Crippen molar-refractivity contribution in [1.82, 2.24) is 0 Å². The van der Waals surface area contributed by atoms with Crippen LogP contribution in [0.4, 0.5) is 11.4 Å². The number of benzene rings is 6. The lowest BCUT2D eigenvalue weighted by molar-refractivity contribution is 0.590. The highest BCUT2D eigenvalue weighted by Crippen LogP contribution is 2.53. The Morgan fingerprint density at radius 2 is 1.37 bits per heavy atom. The van der Waals surface area contributed by atoms with E-state index in [1.165, 1.54) is 102 Å². The van der Waals surface area contributed by atoms with Gasteiger partial charge in [0.05, 0.1) is 0 Å². The molecule has 52 heavy (non-hydrogen) atoms. The predicted molar refractivity (Wildman–Crippen MR) is 226 cm³/mol. The topological polar surface area (TPSA) is 16.4 Å². The van der Waals surface area contributed by atoms with E-state index in [0.717, 1.165) is 11.2 Å². The van der Waals surface area contributed by atoms with Crippen LogP contribution in [0.25, 0.3) is 54.3 Å². The molecule has 0 saturated heterocycles. The number of fused-ring (bicyclic) bond motifs is 15. The number of thiophene rings is 1. The first-order valence-electron chi connectivity index (χ1n) is 18.5. The van der Waals surface area contributed by atoms with Crippen LogP contribution in [0.15, 0.2) is 117 Å². The van der Waals surface area contributed by atoms with Crippen LogP contribution in [0.2, 0.25) is 0 Å². The van der Waals surface area contributed by atoms with E-state index < -0.39 is 0 Å². The molecule has 4 aliphatic rings. The largest absolute Gasteiger partial charge is 0.455 e. The first-order chi connectivity index (χ1) is 25.1. The van der Waals surface area contributed by atoms with Crippen molar-refractivity contribution in [3.63, 3.8) is 0 Å². The first-order valence-corrected chi connectivity index (χ1v) is 20.1. The molecule has 6 heterocycles. The summed E-state index contributed by atoms with van der Waals surface area (Å²) in [6.45, 7) is 14.3. The van der Waals surface area contributed by atoms with Gasteiger partial charge in [0, 0.05) is 58.7 Å². The molecular weight excluding hydrogens is 668 g/mol. The van der Waals surface area contributed by atoms with E-state index in [1.807, 2.05) is 23.1 Å². The Bertz CT molecular complexity index is 2940. The van der Waals surface area contributed by atoms with Crippen molar-refractivity contribution in [2.45, 2.75) is 62.2 Å². The third-order valence-electron chi connectivity index (χ3n) is 12.2. The second kappa shape index (κ2) is 9.66. The summed E-state index contributed by atoms with van der Waals surface area (Å²) in [6.07, 6.45) is 0. The van der Waals surface area contributed by atoms with Gasteiger partial charge < -0.3 is 9.23 Å². The van der Waals surface area contributed by atoms with E-state index in [2.05, 4.69) is 149 Å². The van der Waals surface area contributed by atoms with Gasteiger partial charge >= 0.3 is 6.85 Å². The van der Waals surface area contributed by atoms with Gasteiger partial charge in [0.1, 0.15) is 11.2 Å². The normalized spacial score (nSPS) is 14.9. The molecule has 0 amide bonds. The van der Waals surface area contributed by atoms with Gasteiger partial charge in [0.2, 0.25) is 0 Å². The van der Waals surface area contributed by atoms with Gasteiger partial charge in [0.25, 0.3) is 6.71 Å². The lowest BCUT2D eigenvalue weighted by Crippen LogP contribution is -2.68. The minimum Gasteiger partial charge on any atom is -0.455 e. The summed E-state index contributed by atoms with van der Waals surface area (Å²) in [6, 6.07) is 39.6. The molecule has 0 atom stereocenters. The summed E-state index contributed by atoms with van der Waals surface area (Å²) in [4.78, 5) is 5.59. The summed E-state index contributed by atoms with van der Waals surface area (Å²) in [5, 5.41) is 3.75. The van der Waals surface area contributed by atoms with Gasteiger partial charge in [-0.25, -0.2) is 0 Å². The summed E-state index contributed by atoms with van der Waals surface area (Å²) >= 11 is 3.98. The van der Waals surface area contributed by atoms with Crippen LogP contribution in [0.1, 0.15) is 52.7 Å². The van der Waals surface area contributed by atoms with Crippen molar-refractivity contribution < 1.29 is 4.42 Å². The third-order valence-corrected chi connectivity index (χ3v) is 14.8. The van der Waals surface area contributed by atoms with Gasteiger partial charge in [-0.1, -0.05) is 132 Å². The molecule has 0 bridgehead atoms. The van der Waals surface area contributed by atoms with Crippen molar-refractivity contribution in [2.24, 2.45) is 0 Å². The predicted octanol–water partition coefficient (Wildman–Crippen LogP) is 9.59. The Kier molecular flexibility index (Phi) is 5.55. The summed E-state index contributed by atoms with van der Waals surface area (Å²) in [5.41, 5.74) is 18.3. The zero-order valence-corrected chi connectivity index (χ0v) is 31.8. The number of nitrogens with zero attached hydrogens (tertiary/aromatic N) is 1. The Morgan fingerprint density at radius 3 is 2.19 bits per heavy atom.